The Balaban J connectivity index is 2.20. The van der Waals surface area contributed by atoms with Gasteiger partial charge in [-0.15, -0.1) is 0 Å². The first-order valence-corrected chi connectivity index (χ1v) is 7.38. The predicted molar refractivity (Wildman–Crippen MR) is 80.2 cm³/mol. The Morgan fingerprint density at radius 3 is 2.68 bits per heavy atom. The molecule has 2 nitrogen and oxygen atoms in total. The third-order valence-corrected chi connectivity index (χ3v) is 4.24. The van der Waals surface area contributed by atoms with E-state index in [1.54, 1.807) is 6.07 Å². The lowest BCUT2D eigenvalue weighted by atomic mass is 10.2. The van der Waals surface area contributed by atoms with Crippen LogP contribution in [0.15, 0.2) is 28.7 Å². The molecule has 0 aliphatic carbocycles. The molecule has 2 rings (SSSR count). The molecule has 1 atom stereocenters. The minimum Gasteiger partial charge on any atom is -0.459 e. The summed E-state index contributed by atoms with van der Waals surface area (Å²) < 4.78 is 19.2. The standard InChI is InChI=1S/C15H20FNOS/c1-15(2,3)19-9-12(17-4)14-8-10-7-11(16)5-6-13(10)18-14/h5-8,12,17H,9H2,1-4H3. The Morgan fingerprint density at radius 2 is 2.05 bits per heavy atom. The second-order valence-electron chi connectivity index (χ2n) is 5.60. The molecule has 104 valence electrons. The Bertz CT molecular complexity index is 559. The molecule has 1 aromatic heterocycles. The third kappa shape index (κ3) is 3.74. The number of benzene rings is 1. The van der Waals surface area contributed by atoms with Crippen molar-refractivity contribution in [3.05, 3.63) is 35.8 Å². The fraction of sp³-hybridized carbons (Fsp3) is 0.467. The van der Waals surface area contributed by atoms with Crippen LogP contribution in [0.4, 0.5) is 4.39 Å². The van der Waals surface area contributed by atoms with E-state index in [0.717, 1.165) is 22.5 Å². The van der Waals surface area contributed by atoms with Crippen LogP contribution in [0.25, 0.3) is 11.0 Å². The van der Waals surface area contributed by atoms with Crippen molar-refractivity contribution < 1.29 is 8.81 Å². The van der Waals surface area contributed by atoms with E-state index in [9.17, 15) is 4.39 Å². The Morgan fingerprint density at radius 1 is 1.32 bits per heavy atom. The monoisotopic (exact) mass is 281 g/mol. The fourth-order valence-electron chi connectivity index (χ4n) is 1.85. The van der Waals surface area contributed by atoms with Gasteiger partial charge in [0.1, 0.15) is 17.2 Å². The van der Waals surface area contributed by atoms with Crippen LogP contribution in [0.1, 0.15) is 32.6 Å². The molecule has 0 radical (unpaired) electrons. The molecule has 0 bridgehead atoms. The minimum absolute atomic E-state index is 0.139. The van der Waals surface area contributed by atoms with E-state index in [-0.39, 0.29) is 16.6 Å². The second kappa shape index (κ2) is 5.55. The maximum atomic E-state index is 13.2. The summed E-state index contributed by atoms with van der Waals surface area (Å²) in [4.78, 5) is 0. The molecule has 19 heavy (non-hydrogen) atoms. The van der Waals surface area contributed by atoms with Gasteiger partial charge in [-0.3, -0.25) is 0 Å². The number of rotatable bonds is 4. The number of halogens is 1. The SMILES string of the molecule is CNC(CSC(C)(C)C)c1cc2cc(F)ccc2o1. The Labute approximate surface area is 117 Å². The molecule has 0 spiro atoms. The molecule has 1 N–H and O–H groups in total. The third-order valence-electron chi connectivity index (χ3n) is 2.87. The molecule has 1 heterocycles. The minimum atomic E-state index is -0.232. The summed E-state index contributed by atoms with van der Waals surface area (Å²) in [7, 11) is 1.92. The summed E-state index contributed by atoms with van der Waals surface area (Å²) in [6.07, 6.45) is 0. The van der Waals surface area contributed by atoms with Gasteiger partial charge in [-0.05, 0) is 31.3 Å². The summed E-state index contributed by atoms with van der Waals surface area (Å²) >= 11 is 1.88. The molecule has 0 aliphatic heterocycles. The first-order valence-electron chi connectivity index (χ1n) is 6.39. The van der Waals surface area contributed by atoms with Gasteiger partial charge in [0.2, 0.25) is 0 Å². The predicted octanol–water partition coefficient (Wildman–Crippen LogP) is 4.36. The number of hydrogen-bond acceptors (Lipinski definition) is 3. The van der Waals surface area contributed by atoms with Crippen LogP contribution in [0.3, 0.4) is 0 Å². The summed E-state index contributed by atoms with van der Waals surface area (Å²) in [5.41, 5.74) is 0.734. The number of fused-ring (bicyclic) bond motifs is 1. The van der Waals surface area contributed by atoms with E-state index in [0.29, 0.717) is 0 Å². The Hall–Kier alpha value is -1.00. The highest BCUT2D eigenvalue weighted by atomic mass is 32.2. The lowest BCUT2D eigenvalue weighted by Gasteiger charge is -2.21. The molecule has 1 unspecified atom stereocenters. The summed E-state index contributed by atoms with van der Waals surface area (Å²) in [5, 5.41) is 4.07. The zero-order chi connectivity index (χ0) is 14.0. The summed E-state index contributed by atoms with van der Waals surface area (Å²) in [5.74, 6) is 1.55. The van der Waals surface area contributed by atoms with E-state index in [2.05, 4.69) is 26.1 Å². The first-order chi connectivity index (χ1) is 8.89. The van der Waals surface area contributed by atoms with Crippen LogP contribution in [0.2, 0.25) is 0 Å². The first kappa shape index (κ1) is 14.4. The highest BCUT2D eigenvalue weighted by Gasteiger charge is 2.19. The van der Waals surface area contributed by atoms with E-state index in [1.165, 1.54) is 12.1 Å². The second-order valence-corrected chi connectivity index (χ2v) is 7.44. The Kier molecular flexibility index (Phi) is 4.21. The van der Waals surface area contributed by atoms with Crippen molar-refractivity contribution in [2.75, 3.05) is 12.8 Å². The zero-order valence-electron chi connectivity index (χ0n) is 11.8. The van der Waals surface area contributed by atoms with Gasteiger partial charge in [-0.1, -0.05) is 20.8 Å². The quantitative estimate of drug-likeness (QED) is 0.901. The number of furan rings is 1. The van der Waals surface area contributed by atoms with Gasteiger partial charge in [0, 0.05) is 15.9 Å². The zero-order valence-corrected chi connectivity index (χ0v) is 12.6. The molecule has 4 heteroatoms. The fourth-order valence-corrected chi connectivity index (χ4v) is 2.85. The molecular weight excluding hydrogens is 261 g/mol. The van der Waals surface area contributed by atoms with Gasteiger partial charge in [0.15, 0.2) is 0 Å². The molecule has 2 aromatic rings. The van der Waals surface area contributed by atoms with Gasteiger partial charge in [-0.2, -0.15) is 11.8 Å². The molecular formula is C15H20FNOS. The van der Waals surface area contributed by atoms with Crippen molar-refractivity contribution in [2.45, 2.75) is 31.6 Å². The van der Waals surface area contributed by atoms with Gasteiger partial charge in [0.25, 0.3) is 0 Å². The van der Waals surface area contributed by atoms with Crippen LogP contribution in [0.5, 0.6) is 0 Å². The highest BCUT2D eigenvalue weighted by Crippen LogP contribution is 2.31. The summed E-state index contributed by atoms with van der Waals surface area (Å²) in [6, 6.07) is 6.67. The van der Waals surface area contributed by atoms with Gasteiger partial charge in [0.05, 0.1) is 6.04 Å². The lowest BCUT2D eigenvalue weighted by molar-refractivity contribution is 0.478. The van der Waals surface area contributed by atoms with Crippen molar-refractivity contribution in [1.29, 1.82) is 0 Å². The van der Waals surface area contributed by atoms with Crippen molar-refractivity contribution in [2.24, 2.45) is 0 Å². The summed E-state index contributed by atoms with van der Waals surface area (Å²) in [6.45, 7) is 6.58. The van der Waals surface area contributed by atoms with Crippen molar-refractivity contribution in [3.63, 3.8) is 0 Å². The number of thioether (sulfide) groups is 1. The average Bonchev–Trinajstić information content (AvgIpc) is 2.71. The highest BCUT2D eigenvalue weighted by molar-refractivity contribution is 8.00. The topological polar surface area (TPSA) is 25.2 Å². The van der Waals surface area contributed by atoms with E-state index >= 15 is 0 Å². The molecule has 0 saturated heterocycles. The molecule has 1 aromatic carbocycles. The van der Waals surface area contributed by atoms with Gasteiger partial charge in [-0.25, -0.2) is 4.39 Å². The molecule has 0 fully saturated rings. The molecule has 0 aliphatic rings. The average molecular weight is 281 g/mol. The van der Waals surface area contributed by atoms with Gasteiger partial charge >= 0.3 is 0 Å². The van der Waals surface area contributed by atoms with E-state index in [1.807, 2.05) is 24.9 Å². The normalized spacial score (nSPS) is 13.9. The number of hydrogen-bond donors (Lipinski definition) is 1. The van der Waals surface area contributed by atoms with Crippen molar-refractivity contribution >= 4 is 22.7 Å². The van der Waals surface area contributed by atoms with Crippen LogP contribution in [-0.4, -0.2) is 17.5 Å². The van der Waals surface area contributed by atoms with E-state index < -0.39 is 0 Å². The maximum absolute atomic E-state index is 13.2. The molecule has 0 amide bonds. The lowest BCUT2D eigenvalue weighted by Crippen LogP contribution is -2.21. The maximum Gasteiger partial charge on any atom is 0.134 e. The van der Waals surface area contributed by atoms with Crippen LogP contribution in [0, 0.1) is 5.82 Å². The largest absolute Gasteiger partial charge is 0.459 e. The number of nitrogens with one attached hydrogen (secondary N) is 1. The van der Waals surface area contributed by atoms with Crippen LogP contribution >= 0.6 is 11.8 Å². The van der Waals surface area contributed by atoms with Crippen LogP contribution < -0.4 is 5.32 Å². The van der Waals surface area contributed by atoms with Crippen LogP contribution in [-0.2, 0) is 0 Å². The van der Waals surface area contributed by atoms with Crippen molar-refractivity contribution in [1.82, 2.24) is 5.32 Å². The van der Waals surface area contributed by atoms with Gasteiger partial charge < -0.3 is 9.73 Å². The van der Waals surface area contributed by atoms with E-state index in [4.69, 9.17) is 4.42 Å². The van der Waals surface area contributed by atoms with Crippen molar-refractivity contribution in [3.8, 4) is 0 Å². The molecule has 0 saturated carbocycles. The smallest absolute Gasteiger partial charge is 0.134 e.